The second-order valence-corrected chi connectivity index (χ2v) is 6.89. The summed E-state index contributed by atoms with van der Waals surface area (Å²) in [7, 11) is 0. The van der Waals surface area contributed by atoms with Gasteiger partial charge < -0.3 is 10.0 Å². The molecule has 0 fully saturated rings. The molecule has 10 heteroatoms. The molecule has 1 amide bonds. The molecule has 30 heavy (non-hydrogen) atoms. The van der Waals surface area contributed by atoms with Gasteiger partial charge in [0.1, 0.15) is 6.29 Å². The van der Waals surface area contributed by atoms with Crippen molar-refractivity contribution in [1.29, 1.82) is 0 Å². The molecule has 1 aliphatic rings. The zero-order valence-electron chi connectivity index (χ0n) is 15.2. The second kappa shape index (κ2) is 7.42. The summed E-state index contributed by atoms with van der Waals surface area (Å²) >= 11 is 0. The van der Waals surface area contributed by atoms with Gasteiger partial charge in [0.2, 0.25) is 5.91 Å². The Labute approximate surface area is 166 Å². The lowest BCUT2D eigenvalue weighted by atomic mass is 9.91. The van der Waals surface area contributed by atoms with Crippen LogP contribution in [0.1, 0.15) is 33.5 Å². The normalized spacial score (nSPS) is 15.2. The topological polar surface area (TPSA) is 57.6 Å². The van der Waals surface area contributed by atoms with Crippen molar-refractivity contribution in [2.45, 2.75) is 37.3 Å². The highest BCUT2D eigenvalue weighted by atomic mass is 19.4. The van der Waals surface area contributed by atoms with Crippen LogP contribution >= 0.6 is 0 Å². The van der Waals surface area contributed by atoms with Gasteiger partial charge in [-0.1, -0.05) is 24.3 Å². The third kappa shape index (κ3) is 3.67. The van der Waals surface area contributed by atoms with Gasteiger partial charge in [0.25, 0.3) is 5.60 Å². The Morgan fingerprint density at radius 1 is 0.933 bits per heavy atom. The van der Waals surface area contributed by atoms with Gasteiger partial charge in [0, 0.05) is 23.2 Å². The molecule has 1 heterocycles. The summed E-state index contributed by atoms with van der Waals surface area (Å²) in [6, 6.07) is 7.78. The Balaban J connectivity index is 1.91. The molecule has 0 bridgehead atoms. The summed E-state index contributed by atoms with van der Waals surface area (Å²) < 4.78 is 77.9. The van der Waals surface area contributed by atoms with Crippen LogP contribution in [0.25, 0.3) is 0 Å². The first-order chi connectivity index (χ1) is 13.9. The predicted molar refractivity (Wildman–Crippen MR) is 93.8 cm³/mol. The van der Waals surface area contributed by atoms with Gasteiger partial charge in [-0.3, -0.25) is 9.59 Å². The summed E-state index contributed by atoms with van der Waals surface area (Å²) in [6.07, 6.45) is -10.7. The number of carbonyl (C=O) groups excluding carboxylic acids is 2. The van der Waals surface area contributed by atoms with Crippen LogP contribution in [0.15, 0.2) is 42.5 Å². The molecule has 0 saturated heterocycles. The van der Waals surface area contributed by atoms with E-state index in [0.29, 0.717) is 36.1 Å². The van der Waals surface area contributed by atoms with Crippen LogP contribution in [0.5, 0.6) is 0 Å². The van der Waals surface area contributed by atoms with Crippen LogP contribution in [-0.2, 0) is 23.4 Å². The third-order valence-electron chi connectivity index (χ3n) is 4.97. The highest BCUT2D eigenvalue weighted by Crippen LogP contribution is 2.50. The lowest BCUT2D eigenvalue weighted by Crippen LogP contribution is -2.53. The number of aldehydes is 1. The fourth-order valence-electron chi connectivity index (χ4n) is 3.35. The molecule has 0 saturated carbocycles. The van der Waals surface area contributed by atoms with Crippen LogP contribution in [0.3, 0.4) is 0 Å². The van der Waals surface area contributed by atoms with Crippen molar-refractivity contribution < 1.29 is 41.0 Å². The number of hydrogen-bond acceptors (Lipinski definition) is 3. The highest BCUT2D eigenvalue weighted by molar-refractivity contribution is 5.96. The second-order valence-electron chi connectivity index (χ2n) is 6.89. The van der Waals surface area contributed by atoms with Crippen molar-refractivity contribution >= 4 is 17.9 Å². The third-order valence-corrected chi connectivity index (χ3v) is 4.97. The maximum absolute atomic E-state index is 13.0. The number of nitrogens with zero attached hydrogens (tertiary/aromatic N) is 1. The number of amides is 1. The Kier molecular flexibility index (Phi) is 5.40. The average Bonchev–Trinajstić information content (AvgIpc) is 2.68. The van der Waals surface area contributed by atoms with Crippen molar-refractivity contribution in [2.24, 2.45) is 0 Å². The minimum Gasteiger partial charge on any atom is -0.369 e. The zero-order chi connectivity index (χ0) is 22.3. The van der Waals surface area contributed by atoms with Crippen molar-refractivity contribution in [3.05, 3.63) is 64.7 Å². The molecular formula is C20H15F6NO3. The van der Waals surface area contributed by atoms with E-state index < -0.39 is 23.5 Å². The Hall–Kier alpha value is -2.88. The fraction of sp³-hybridized carbons (Fsp3) is 0.300. The summed E-state index contributed by atoms with van der Waals surface area (Å²) in [6.45, 7) is -0.0942. The molecule has 2 aromatic rings. The van der Waals surface area contributed by atoms with Gasteiger partial charge in [-0.25, -0.2) is 0 Å². The van der Waals surface area contributed by atoms with Gasteiger partial charge in [-0.2, -0.15) is 26.3 Å². The van der Waals surface area contributed by atoms with E-state index >= 15 is 0 Å². The number of rotatable bonds is 4. The van der Waals surface area contributed by atoms with Crippen molar-refractivity contribution in [1.82, 2.24) is 0 Å². The molecule has 0 atom stereocenters. The predicted octanol–water partition coefficient (Wildman–Crippen LogP) is 4.29. The summed E-state index contributed by atoms with van der Waals surface area (Å²) in [5.41, 5.74) is -4.43. The number of alkyl halides is 6. The van der Waals surface area contributed by atoms with Crippen LogP contribution in [0.2, 0.25) is 0 Å². The molecule has 4 nitrogen and oxygen atoms in total. The monoisotopic (exact) mass is 431 g/mol. The molecule has 0 spiro atoms. The number of hydrogen-bond donors (Lipinski definition) is 1. The molecule has 0 aliphatic carbocycles. The molecule has 0 aromatic heterocycles. The molecule has 160 valence electrons. The van der Waals surface area contributed by atoms with E-state index in [1.807, 2.05) is 0 Å². The van der Waals surface area contributed by atoms with Gasteiger partial charge >= 0.3 is 12.4 Å². The number of anilines is 1. The molecule has 3 rings (SSSR count). The molecule has 0 unspecified atom stereocenters. The lowest BCUT2D eigenvalue weighted by Gasteiger charge is -2.33. The maximum Gasteiger partial charge on any atom is 0.430 e. The number of fused-ring (bicyclic) bond motifs is 1. The van der Waals surface area contributed by atoms with Gasteiger partial charge in [0.15, 0.2) is 0 Å². The van der Waals surface area contributed by atoms with Crippen molar-refractivity contribution in [2.75, 3.05) is 4.90 Å². The van der Waals surface area contributed by atoms with E-state index in [4.69, 9.17) is 0 Å². The van der Waals surface area contributed by atoms with Crippen molar-refractivity contribution in [3.63, 3.8) is 0 Å². The summed E-state index contributed by atoms with van der Waals surface area (Å²) in [5.74, 6) is -0.271. The molecular weight excluding hydrogens is 416 g/mol. The van der Waals surface area contributed by atoms with Crippen LogP contribution in [0.4, 0.5) is 32.0 Å². The molecule has 0 radical (unpaired) electrons. The van der Waals surface area contributed by atoms with Crippen LogP contribution < -0.4 is 4.90 Å². The maximum atomic E-state index is 13.0. The average molecular weight is 431 g/mol. The molecule has 1 aliphatic heterocycles. The summed E-state index contributed by atoms with van der Waals surface area (Å²) in [4.78, 5) is 24.6. The van der Waals surface area contributed by atoms with E-state index in [2.05, 4.69) is 0 Å². The van der Waals surface area contributed by atoms with E-state index in [1.54, 1.807) is 12.1 Å². The molecule has 2 aromatic carbocycles. The Bertz CT molecular complexity index is 952. The minimum absolute atomic E-state index is 0.0942. The quantitative estimate of drug-likeness (QED) is 0.581. The number of carbonyl (C=O) groups is 2. The molecule has 1 N–H and O–H groups in total. The van der Waals surface area contributed by atoms with Gasteiger partial charge in [-0.15, -0.1) is 0 Å². The van der Waals surface area contributed by atoms with Crippen LogP contribution in [0, 0.1) is 0 Å². The largest absolute Gasteiger partial charge is 0.430 e. The first-order valence-electron chi connectivity index (χ1n) is 8.72. The SMILES string of the molecule is O=Cc1ccc2c(c1)CCC(=O)N2Cc1ccc(C(O)(C(F)(F)F)C(F)(F)F)cc1. The Morgan fingerprint density at radius 3 is 2.07 bits per heavy atom. The van der Waals surface area contributed by atoms with E-state index in [1.165, 1.54) is 11.0 Å². The van der Waals surface area contributed by atoms with Crippen LogP contribution in [-0.4, -0.2) is 29.7 Å². The van der Waals surface area contributed by atoms with E-state index in [0.717, 1.165) is 17.7 Å². The standard InChI is InChI=1S/C20H15F6NO3/c21-19(22,23)18(30,20(24,25)26)15-5-1-12(2-6-15)10-27-16-7-3-13(11-28)9-14(16)4-8-17(27)29/h1-3,5-7,9,11,30H,4,8,10H2. The van der Waals surface area contributed by atoms with Gasteiger partial charge in [-0.05, 0) is 35.7 Å². The number of halogens is 6. The number of benzene rings is 2. The summed E-state index contributed by atoms with van der Waals surface area (Å²) in [5, 5.41) is 9.45. The lowest BCUT2D eigenvalue weighted by molar-refractivity contribution is -0.376. The van der Waals surface area contributed by atoms with E-state index in [-0.39, 0.29) is 24.4 Å². The fourth-order valence-corrected chi connectivity index (χ4v) is 3.35. The smallest absolute Gasteiger partial charge is 0.369 e. The first-order valence-corrected chi connectivity index (χ1v) is 8.72. The highest BCUT2D eigenvalue weighted by Gasteiger charge is 2.71. The van der Waals surface area contributed by atoms with Gasteiger partial charge in [0.05, 0.1) is 6.54 Å². The Morgan fingerprint density at radius 2 is 1.53 bits per heavy atom. The minimum atomic E-state index is -5.97. The van der Waals surface area contributed by atoms with Crippen molar-refractivity contribution in [3.8, 4) is 0 Å². The van der Waals surface area contributed by atoms with E-state index in [9.17, 15) is 41.0 Å². The zero-order valence-corrected chi connectivity index (χ0v) is 15.2. The number of aliphatic hydroxyl groups is 1. The first kappa shape index (κ1) is 21.8. The number of aryl methyl sites for hydroxylation is 1.